The molecule has 1 aliphatic carbocycles. The molecule has 4 atom stereocenters. The van der Waals surface area contributed by atoms with Crippen LogP contribution in [0.25, 0.3) is 0 Å². The third-order valence-corrected chi connectivity index (χ3v) is 10.2. The molecule has 0 N–H and O–H groups in total. The number of methoxy groups -OCH3 is 1. The predicted octanol–water partition coefficient (Wildman–Crippen LogP) is 1.94. The molecule has 0 aromatic heterocycles. The Balaban J connectivity index is 1.31. The molecule has 3 amide bonds. The Kier molecular flexibility index (Phi) is 8.61. The topological polar surface area (TPSA) is 123 Å². The molecule has 1 saturated carbocycles. The fourth-order valence-corrected chi connectivity index (χ4v) is 7.67. The van der Waals surface area contributed by atoms with Crippen LogP contribution in [0, 0.1) is 11.5 Å². The summed E-state index contributed by atoms with van der Waals surface area (Å²) >= 11 is 0. The molecule has 3 heterocycles. The molecule has 4 fully saturated rings. The first-order chi connectivity index (χ1) is 19.4. The average Bonchev–Trinajstić information content (AvgIpc) is 3.68. The number of rotatable bonds is 8. The number of nitriles is 1. The van der Waals surface area contributed by atoms with Crippen LogP contribution in [0.15, 0.2) is 29.2 Å². The van der Waals surface area contributed by atoms with E-state index in [0.717, 1.165) is 32.2 Å². The second-order valence-corrected chi connectivity index (χ2v) is 12.5. The third-order valence-electron chi connectivity index (χ3n) is 8.48. The minimum absolute atomic E-state index is 0.113. The van der Waals surface area contributed by atoms with Crippen LogP contribution in [0.5, 0.6) is 5.75 Å². The molecule has 1 aromatic carbocycles. The van der Waals surface area contributed by atoms with E-state index in [2.05, 4.69) is 4.90 Å². The summed E-state index contributed by atoms with van der Waals surface area (Å²) in [4.78, 5) is 46.9. The van der Waals surface area contributed by atoms with Gasteiger partial charge in [-0.05, 0) is 57.6 Å². The summed E-state index contributed by atoms with van der Waals surface area (Å²) in [5.41, 5.74) is 0. The Morgan fingerprint density at radius 1 is 1.07 bits per heavy atom. The van der Waals surface area contributed by atoms with Crippen molar-refractivity contribution in [1.29, 1.82) is 5.26 Å². The van der Waals surface area contributed by atoms with Gasteiger partial charge in [-0.3, -0.25) is 18.7 Å². The maximum atomic E-state index is 14.0. The second kappa shape index (κ2) is 12.1. The van der Waals surface area contributed by atoms with Gasteiger partial charge >= 0.3 is 6.09 Å². The number of amides is 3. The van der Waals surface area contributed by atoms with Crippen molar-refractivity contribution in [1.82, 2.24) is 19.6 Å². The molecule has 3 saturated heterocycles. The molecule has 216 valence electrons. The SMILES string of the molecule is CCOC(=O)N1CCC(N2CCC2C(=O)N2C[C@H](S(=O)c3ccccc3OC)C[C@H]2C(=O)N(C#N)C2CC2)CC1. The average molecular weight is 572 g/mol. The molecular formula is C28H37N5O6S. The zero-order chi connectivity index (χ0) is 28.4. The van der Waals surface area contributed by atoms with E-state index in [1.165, 1.54) is 12.0 Å². The van der Waals surface area contributed by atoms with Crippen molar-refractivity contribution in [2.24, 2.45) is 0 Å². The molecule has 12 heteroatoms. The van der Waals surface area contributed by atoms with Crippen molar-refractivity contribution >= 4 is 28.7 Å². The number of likely N-dealkylation sites (tertiary alicyclic amines) is 3. The maximum absolute atomic E-state index is 14.0. The van der Waals surface area contributed by atoms with Crippen LogP contribution in [0.4, 0.5) is 4.79 Å². The lowest BCUT2D eigenvalue weighted by Gasteiger charge is -2.48. The van der Waals surface area contributed by atoms with Crippen molar-refractivity contribution in [3.8, 4) is 11.9 Å². The zero-order valence-electron chi connectivity index (χ0n) is 23.1. The third kappa shape index (κ3) is 5.54. The van der Waals surface area contributed by atoms with Gasteiger partial charge < -0.3 is 19.3 Å². The fourth-order valence-electron chi connectivity index (χ4n) is 6.09. The van der Waals surface area contributed by atoms with Crippen molar-refractivity contribution < 1.29 is 28.1 Å². The first-order valence-electron chi connectivity index (χ1n) is 14.1. The van der Waals surface area contributed by atoms with E-state index in [1.807, 2.05) is 6.19 Å². The van der Waals surface area contributed by atoms with E-state index >= 15 is 0 Å². The number of carbonyl (C=O) groups excluding carboxylic acids is 3. The first-order valence-corrected chi connectivity index (χ1v) is 15.3. The summed E-state index contributed by atoms with van der Waals surface area (Å²) in [5.74, 6) is -0.0263. The smallest absolute Gasteiger partial charge is 0.409 e. The van der Waals surface area contributed by atoms with Crippen LogP contribution in [-0.4, -0.2) is 111 Å². The van der Waals surface area contributed by atoms with Crippen molar-refractivity contribution in [2.75, 3.05) is 39.9 Å². The number of para-hydroxylation sites is 1. The van der Waals surface area contributed by atoms with Gasteiger partial charge in [-0.2, -0.15) is 5.26 Å². The highest BCUT2D eigenvalue weighted by atomic mass is 32.2. The number of nitrogens with zero attached hydrogens (tertiary/aromatic N) is 5. The van der Waals surface area contributed by atoms with Gasteiger partial charge in [-0.1, -0.05) is 12.1 Å². The van der Waals surface area contributed by atoms with Crippen LogP contribution in [0.2, 0.25) is 0 Å². The molecular weight excluding hydrogens is 534 g/mol. The van der Waals surface area contributed by atoms with Crippen LogP contribution < -0.4 is 4.74 Å². The van der Waals surface area contributed by atoms with Gasteiger partial charge in [0.05, 0.1) is 40.7 Å². The van der Waals surface area contributed by atoms with Gasteiger partial charge in [0.2, 0.25) is 5.91 Å². The van der Waals surface area contributed by atoms with Crippen LogP contribution in [0.1, 0.15) is 45.4 Å². The van der Waals surface area contributed by atoms with Gasteiger partial charge in [-0.15, -0.1) is 0 Å². The van der Waals surface area contributed by atoms with E-state index in [4.69, 9.17) is 9.47 Å². The number of piperidine rings is 1. The Labute approximate surface area is 237 Å². The van der Waals surface area contributed by atoms with E-state index in [-0.39, 0.29) is 49.0 Å². The molecule has 4 aliphatic rings. The second-order valence-electron chi connectivity index (χ2n) is 10.8. The summed E-state index contributed by atoms with van der Waals surface area (Å²) in [6.45, 7) is 4.22. The lowest BCUT2D eigenvalue weighted by Crippen LogP contribution is -2.63. The summed E-state index contributed by atoms with van der Waals surface area (Å²) in [6, 6.07) is 5.94. The van der Waals surface area contributed by atoms with Gasteiger partial charge in [-0.25, -0.2) is 9.69 Å². The van der Waals surface area contributed by atoms with E-state index in [9.17, 15) is 23.9 Å². The summed E-state index contributed by atoms with van der Waals surface area (Å²) < 4.78 is 24.2. The molecule has 0 radical (unpaired) electrons. The molecule has 2 unspecified atom stereocenters. The maximum Gasteiger partial charge on any atom is 0.409 e. The number of benzene rings is 1. The number of hydrogen-bond acceptors (Lipinski definition) is 8. The highest BCUT2D eigenvalue weighted by molar-refractivity contribution is 7.85. The summed E-state index contributed by atoms with van der Waals surface area (Å²) in [5, 5.41) is 9.25. The molecule has 11 nitrogen and oxygen atoms in total. The number of hydrogen-bond donors (Lipinski definition) is 0. The lowest BCUT2D eigenvalue weighted by atomic mass is 9.93. The highest BCUT2D eigenvalue weighted by Gasteiger charge is 2.50. The van der Waals surface area contributed by atoms with Crippen molar-refractivity contribution in [3.63, 3.8) is 0 Å². The zero-order valence-corrected chi connectivity index (χ0v) is 23.9. The minimum Gasteiger partial charge on any atom is -0.495 e. The molecule has 0 bridgehead atoms. The normalized spacial score (nSPS) is 26.0. The Morgan fingerprint density at radius 3 is 2.40 bits per heavy atom. The first kappa shape index (κ1) is 28.4. The highest BCUT2D eigenvalue weighted by Crippen LogP contribution is 2.36. The predicted molar refractivity (Wildman–Crippen MR) is 146 cm³/mol. The van der Waals surface area contributed by atoms with Crippen molar-refractivity contribution in [2.45, 2.75) is 79.8 Å². The largest absolute Gasteiger partial charge is 0.495 e. The number of ether oxygens (including phenoxy) is 2. The van der Waals surface area contributed by atoms with E-state index < -0.39 is 22.1 Å². The molecule has 1 aromatic rings. The monoisotopic (exact) mass is 571 g/mol. The quantitative estimate of drug-likeness (QED) is 0.343. The Hall–Kier alpha value is -3.17. The molecule has 40 heavy (non-hydrogen) atoms. The van der Waals surface area contributed by atoms with Crippen LogP contribution in [0.3, 0.4) is 0 Å². The van der Waals surface area contributed by atoms with Crippen LogP contribution >= 0.6 is 0 Å². The van der Waals surface area contributed by atoms with Gasteiger partial charge in [0, 0.05) is 38.3 Å². The molecule has 5 rings (SSSR count). The van der Waals surface area contributed by atoms with E-state index in [0.29, 0.717) is 36.8 Å². The van der Waals surface area contributed by atoms with Gasteiger partial charge in [0.25, 0.3) is 5.91 Å². The standard InChI is InChI=1S/C28H37N5O6S/c1-3-39-28(36)30-13-10-20(11-14-30)31-15-12-22(31)26(34)32-17-21(40(37)25-7-5-4-6-24(25)38-2)16-23(32)27(35)33(18-29)19-8-9-19/h4-7,19-23H,3,8-17H2,1-2H3/t21-,22?,23+,40?/m1/s1. The Morgan fingerprint density at radius 2 is 1.80 bits per heavy atom. The minimum atomic E-state index is -1.51. The van der Waals surface area contributed by atoms with Crippen molar-refractivity contribution in [3.05, 3.63) is 24.3 Å². The van der Waals surface area contributed by atoms with Crippen LogP contribution in [-0.2, 0) is 25.1 Å². The lowest BCUT2D eigenvalue weighted by molar-refractivity contribution is -0.150. The van der Waals surface area contributed by atoms with Gasteiger partial charge in [0.1, 0.15) is 11.8 Å². The molecule has 3 aliphatic heterocycles. The fraction of sp³-hybridized carbons (Fsp3) is 0.643. The van der Waals surface area contributed by atoms with Gasteiger partial charge in [0.15, 0.2) is 6.19 Å². The summed E-state index contributed by atoms with van der Waals surface area (Å²) in [7, 11) is 0.0125. The Bertz CT molecular complexity index is 1190. The molecule has 0 spiro atoms. The van der Waals surface area contributed by atoms with E-state index in [1.54, 1.807) is 41.0 Å². The summed E-state index contributed by atoms with van der Waals surface area (Å²) in [6.07, 6.45) is 5.68. The number of carbonyl (C=O) groups is 3.